The van der Waals surface area contributed by atoms with E-state index >= 15 is 0 Å². The van der Waals surface area contributed by atoms with Crippen LogP contribution in [0.15, 0.2) is 14.8 Å². The zero-order valence-electron chi connectivity index (χ0n) is 15.7. The lowest BCUT2D eigenvalue weighted by Gasteiger charge is -2.17. The normalized spacial score (nSPS) is 11.7. The Hall–Kier alpha value is -1.75. The molecule has 144 valence electrons. The summed E-state index contributed by atoms with van der Waals surface area (Å²) >= 11 is 2.63. The summed E-state index contributed by atoms with van der Waals surface area (Å²) in [6.07, 6.45) is 0. The second kappa shape index (κ2) is 8.76. The summed E-state index contributed by atoms with van der Waals surface area (Å²) in [4.78, 5) is 18.2. The Kier molecular flexibility index (Phi) is 6.93. The molecule has 2 heterocycles. The topological polar surface area (TPSA) is 116 Å². The molecule has 0 spiro atoms. The van der Waals surface area contributed by atoms with Gasteiger partial charge in [0.05, 0.1) is 11.5 Å². The van der Waals surface area contributed by atoms with Gasteiger partial charge in [0.1, 0.15) is 0 Å². The van der Waals surface area contributed by atoms with Crippen LogP contribution in [-0.2, 0) is 16.0 Å². The van der Waals surface area contributed by atoms with E-state index in [0.717, 1.165) is 0 Å². The Labute approximate surface area is 161 Å². The van der Waals surface area contributed by atoms with E-state index in [0.29, 0.717) is 40.9 Å². The molecule has 0 unspecified atom stereocenters. The molecule has 0 aromatic carbocycles. The minimum absolute atomic E-state index is 0.0535. The van der Waals surface area contributed by atoms with Crippen LogP contribution in [0.2, 0.25) is 0 Å². The van der Waals surface area contributed by atoms with Crippen molar-refractivity contribution in [2.75, 3.05) is 24.7 Å². The van der Waals surface area contributed by atoms with E-state index in [4.69, 9.17) is 10.4 Å². The molecule has 9 nitrogen and oxygen atoms in total. The molecule has 0 aliphatic rings. The van der Waals surface area contributed by atoms with Crippen LogP contribution in [0, 0.1) is 0 Å². The molecule has 0 atom stereocenters. The summed E-state index contributed by atoms with van der Waals surface area (Å²) in [6.45, 7) is 11.3. The maximum absolute atomic E-state index is 12.1. The lowest BCUT2D eigenvalue weighted by Crippen LogP contribution is -2.32. The second-order valence-corrected chi connectivity index (χ2v) is 8.43. The number of hydrogen-bond acceptors (Lipinski definition) is 9. The first-order chi connectivity index (χ1) is 12.3. The number of carbonyl (C=O) groups is 1. The van der Waals surface area contributed by atoms with Gasteiger partial charge < -0.3 is 15.3 Å². The standard InChI is InChI=1S/C15H25N7O2S2/c1-6-21(7-2)11(23)9-26-14-19-18-13(22(14)16)25-8-10-17-12(20-24-10)15(3,4)5/h6-9,16H2,1-5H3. The van der Waals surface area contributed by atoms with Gasteiger partial charge in [0.2, 0.25) is 22.1 Å². The number of amides is 1. The van der Waals surface area contributed by atoms with Crippen LogP contribution in [0.4, 0.5) is 0 Å². The maximum atomic E-state index is 12.1. The number of nitrogens with zero attached hydrogens (tertiary/aromatic N) is 6. The molecule has 2 aromatic heterocycles. The van der Waals surface area contributed by atoms with Gasteiger partial charge in [0.25, 0.3) is 0 Å². The fourth-order valence-electron chi connectivity index (χ4n) is 2.00. The van der Waals surface area contributed by atoms with E-state index in [1.54, 1.807) is 4.90 Å². The number of aromatic nitrogens is 5. The second-order valence-electron chi connectivity index (χ2n) is 6.54. The van der Waals surface area contributed by atoms with Gasteiger partial charge in [-0.1, -0.05) is 49.5 Å². The van der Waals surface area contributed by atoms with Gasteiger partial charge in [0.15, 0.2) is 5.82 Å². The quantitative estimate of drug-likeness (QED) is 0.525. The van der Waals surface area contributed by atoms with Gasteiger partial charge in [-0.2, -0.15) is 4.98 Å². The van der Waals surface area contributed by atoms with Crippen LogP contribution >= 0.6 is 23.5 Å². The SMILES string of the molecule is CCN(CC)C(=O)CSc1nnc(SCc2nc(C(C)(C)C)no2)n1N. The summed E-state index contributed by atoms with van der Waals surface area (Å²) in [6, 6.07) is 0. The smallest absolute Gasteiger partial charge is 0.237 e. The molecule has 2 N–H and O–H groups in total. The zero-order valence-corrected chi connectivity index (χ0v) is 17.4. The number of thioether (sulfide) groups is 2. The Bertz CT molecular complexity index is 735. The highest BCUT2D eigenvalue weighted by atomic mass is 32.2. The van der Waals surface area contributed by atoms with Gasteiger partial charge in [-0.05, 0) is 13.8 Å². The lowest BCUT2D eigenvalue weighted by molar-refractivity contribution is -0.127. The van der Waals surface area contributed by atoms with Gasteiger partial charge in [-0.15, -0.1) is 10.2 Å². The van der Waals surface area contributed by atoms with E-state index in [1.807, 2.05) is 34.6 Å². The van der Waals surface area contributed by atoms with Crippen LogP contribution in [0.5, 0.6) is 0 Å². The average Bonchev–Trinajstić information content (AvgIpc) is 3.19. The maximum Gasteiger partial charge on any atom is 0.237 e. The summed E-state index contributed by atoms with van der Waals surface area (Å²) in [5.74, 6) is 7.97. The van der Waals surface area contributed by atoms with Crippen LogP contribution in [0.3, 0.4) is 0 Å². The van der Waals surface area contributed by atoms with Gasteiger partial charge in [0, 0.05) is 18.5 Å². The molecule has 2 aromatic rings. The predicted molar refractivity (Wildman–Crippen MR) is 101 cm³/mol. The van der Waals surface area contributed by atoms with Crippen molar-refractivity contribution in [3.05, 3.63) is 11.7 Å². The van der Waals surface area contributed by atoms with Crippen LogP contribution in [0.25, 0.3) is 0 Å². The molecule has 11 heteroatoms. The number of carbonyl (C=O) groups excluding carboxylic acids is 1. The molecule has 2 rings (SSSR count). The minimum atomic E-state index is -0.165. The summed E-state index contributed by atoms with van der Waals surface area (Å²) in [5.41, 5.74) is -0.165. The third-order valence-electron chi connectivity index (χ3n) is 3.54. The summed E-state index contributed by atoms with van der Waals surface area (Å²) < 4.78 is 6.63. The lowest BCUT2D eigenvalue weighted by atomic mass is 9.96. The number of rotatable bonds is 8. The van der Waals surface area contributed by atoms with Crippen molar-refractivity contribution in [3.8, 4) is 0 Å². The molecular formula is C15H25N7O2S2. The predicted octanol–water partition coefficient (Wildman–Crippen LogP) is 1.93. The molecule has 0 fully saturated rings. The van der Waals surface area contributed by atoms with Crippen LogP contribution in [-0.4, -0.2) is 54.7 Å². The number of nitrogens with two attached hydrogens (primary N) is 1. The van der Waals surface area contributed by atoms with Crippen molar-refractivity contribution >= 4 is 29.4 Å². The first kappa shape index (κ1) is 20.6. The van der Waals surface area contributed by atoms with E-state index in [-0.39, 0.29) is 17.1 Å². The third-order valence-corrected chi connectivity index (χ3v) is 5.39. The van der Waals surface area contributed by atoms with Gasteiger partial charge in [-0.3, -0.25) is 4.79 Å². The minimum Gasteiger partial charge on any atom is -0.343 e. The van der Waals surface area contributed by atoms with E-state index in [1.165, 1.54) is 28.2 Å². The molecule has 0 bridgehead atoms. The largest absolute Gasteiger partial charge is 0.343 e. The average molecular weight is 400 g/mol. The Morgan fingerprint density at radius 1 is 1.19 bits per heavy atom. The molecule has 0 radical (unpaired) electrons. The van der Waals surface area contributed by atoms with Crippen molar-refractivity contribution in [1.29, 1.82) is 0 Å². The summed E-state index contributed by atoms with van der Waals surface area (Å²) in [5, 5.41) is 13.1. The Morgan fingerprint density at radius 2 is 1.81 bits per heavy atom. The fourth-order valence-corrected chi connectivity index (χ4v) is 3.51. The summed E-state index contributed by atoms with van der Waals surface area (Å²) in [7, 11) is 0. The van der Waals surface area contributed by atoms with Crippen molar-refractivity contribution in [1.82, 2.24) is 29.9 Å². The first-order valence-electron chi connectivity index (χ1n) is 8.33. The highest BCUT2D eigenvalue weighted by molar-refractivity contribution is 8.00. The molecular weight excluding hydrogens is 374 g/mol. The van der Waals surface area contributed by atoms with E-state index in [9.17, 15) is 4.79 Å². The number of hydrogen-bond donors (Lipinski definition) is 1. The fraction of sp³-hybridized carbons (Fsp3) is 0.667. The van der Waals surface area contributed by atoms with Crippen molar-refractivity contribution in [3.63, 3.8) is 0 Å². The zero-order chi connectivity index (χ0) is 19.3. The van der Waals surface area contributed by atoms with Crippen LogP contribution < -0.4 is 5.84 Å². The van der Waals surface area contributed by atoms with E-state index in [2.05, 4.69) is 20.3 Å². The molecule has 0 saturated heterocycles. The van der Waals surface area contributed by atoms with Gasteiger partial charge >= 0.3 is 0 Å². The van der Waals surface area contributed by atoms with E-state index < -0.39 is 0 Å². The van der Waals surface area contributed by atoms with Crippen molar-refractivity contribution < 1.29 is 9.32 Å². The first-order valence-corrected chi connectivity index (χ1v) is 10.3. The molecule has 1 amide bonds. The van der Waals surface area contributed by atoms with Crippen molar-refractivity contribution in [2.24, 2.45) is 0 Å². The molecule has 0 saturated carbocycles. The van der Waals surface area contributed by atoms with Gasteiger partial charge in [-0.25, -0.2) is 4.68 Å². The van der Waals surface area contributed by atoms with Crippen molar-refractivity contribution in [2.45, 2.75) is 56.1 Å². The molecule has 0 aliphatic heterocycles. The Morgan fingerprint density at radius 3 is 2.35 bits per heavy atom. The molecule has 26 heavy (non-hydrogen) atoms. The highest BCUT2D eigenvalue weighted by Gasteiger charge is 2.21. The Balaban J connectivity index is 1.92. The highest BCUT2D eigenvalue weighted by Crippen LogP contribution is 2.25. The molecule has 0 aliphatic carbocycles. The number of nitrogen functional groups attached to an aromatic ring is 1. The monoisotopic (exact) mass is 399 g/mol. The van der Waals surface area contributed by atoms with Crippen LogP contribution in [0.1, 0.15) is 46.3 Å². The third kappa shape index (κ3) is 5.13.